The summed E-state index contributed by atoms with van der Waals surface area (Å²) in [5.41, 5.74) is 9.78. The van der Waals surface area contributed by atoms with Crippen LogP contribution in [-0.2, 0) is 0 Å². The van der Waals surface area contributed by atoms with E-state index >= 15 is 0 Å². The lowest BCUT2D eigenvalue weighted by Gasteiger charge is -2.11. The molecule has 0 aliphatic rings. The zero-order valence-corrected chi connectivity index (χ0v) is 24.4. The van der Waals surface area contributed by atoms with Gasteiger partial charge in [-0.15, -0.1) is 0 Å². The van der Waals surface area contributed by atoms with Crippen LogP contribution in [0.4, 0.5) is 0 Å². The standard InChI is InChI=1S/C39H25ClN4/c40-39-42-37(28-15-8-3-9-16-28)41-38(43-39)31-20-22-36-34(25-31)33-24-30(27-13-6-2-7-14-27)19-21-35(33)44(36)32-18-10-17-29(23-32)26-11-4-1-5-12-26/h1-25H. The van der Waals surface area contributed by atoms with E-state index in [1.54, 1.807) is 0 Å². The van der Waals surface area contributed by atoms with Crippen molar-refractivity contribution >= 4 is 33.4 Å². The topological polar surface area (TPSA) is 43.6 Å². The molecular weight excluding hydrogens is 560 g/mol. The van der Waals surface area contributed by atoms with Crippen LogP contribution in [0, 0.1) is 0 Å². The van der Waals surface area contributed by atoms with Crippen molar-refractivity contribution in [1.82, 2.24) is 19.5 Å². The van der Waals surface area contributed by atoms with Crippen molar-refractivity contribution in [3.8, 4) is 50.7 Å². The van der Waals surface area contributed by atoms with Crippen LogP contribution in [0.15, 0.2) is 152 Å². The maximum Gasteiger partial charge on any atom is 0.226 e. The van der Waals surface area contributed by atoms with Crippen LogP contribution in [0.5, 0.6) is 0 Å². The van der Waals surface area contributed by atoms with Gasteiger partial charge in [0.05, 0.1) is 11.0 Å². The van der Waals surface area contributed by atoms with Gasteiger partial charge >= 0.3 is 0 Å². The molecule has 0 fully saturated rings. The van der Waals surface area contributed by atoms with Crippen LogP contribution < -0.4 is 0 Å². The average Bonchev–Trinajstić information content (AvgIpc) is 3.42. The second kappa shape index (κ2) is 10.9. The monoisotopic (exact) mass is 584 g/mol. The molecule has 0 aliphatic carbocycles. The quantitative estimate of drug-likeness (QED) is 0.202. The van der Waals surface area contributed by atoms with E-state index in [1.807, 2.05) is 42.5 Å². The fraction of sp³-hybridized carbons (Fsp3) is 0. The van der Waals surface area contributed by atoms with Crippen LogP contribution in [0.1, 0.15) is 0 Å². The highest BCUT2D eigenvalue weighted by molar-refractivity contribution is 6.28. The van der Waals surface area contributed by atoms with Gasteiger partial charge in [-0.1, -0.05) is 109 Å². The van der Waals surface area contributed by atoms with Gasteiger partial charge in [0.25, 0.3) is 0 Å². The summed E-state index contributed by atoms with van der Waals surface area (Å²) in [7, 11) is 0. The minimum Gasteiger partial charge on any atom is -0.309 e. The summed E-state index contributed by atoms with van der Waals surface area (Å²) in [6.45, 7) is 0. The molecule has 2 aromatic heterocycles. The zero-order chi connectivity index (χ0) is 29.5. The molecule has 0 saturated heterocycles. The Labute approximate surface area is 259 Å². The molecular formula is C39H25ClN4. The van der Waals surface area contributed by atoms with Crippen molar-refractivity contribution in [2.75, 3.05) is 0 Å². The van der Waals surface area contributed by atoms with Gasteiger partial charge in [0.1, 0.15) is 0 Å². The number of fused-ring (bicyclic) bond motifs is 3. The van der Waals surface area contributed by atoms with Crippen molar-refractivity contribution in [2.24, 2.45) is 0 Å². The van der Waals surface area contributed by atoms with Crippen LogP contribution >= 0.6 is 11.6 Å². The summed E-state index contributed by atoms with van der Waals surface area (Å²) >= 11 is 6.43. The number of halogens is 1. The average molecular weight is 585 g/mol. The number of rotatable bonds is 5. The molecule has 0 saturated carbocycles. The summed E-state index contributed by atoms with van der Waals surface area (Å²) in [4.78, 5) is 13.8. The number of benzene rings is 6. The van der Waals surface area contributed by atoms with E-state index in [0.717, 1.165) is 44.2 Å². The van der Waals surface area contributed by atoms with E-state index in [1.165, 1.54) is 16.7 Å². The first-order chi connectivity index (χ1) is 21.7. The zero-order valence-electron chi connectivity index (χ0n) is 23.6. The maximum atomic E-state index is 6.43. The highest BCUT2D eigenvalue weighted by atomic mass is 35.5. The summed E-state index contributed by atoms with van der Waals surface area (Å²) in [6, 6.07) is 52.6. The van der Waals surface area contributed by atoms with Crippen LogP contribution in [0.25, 0.3) is 72.5 Å². The van der Waals surface area contributed by atoms with Gasteiger partial charge in [0, 0.05) is 27.6 Å². The molecule has 0 aliphatic heterocycles. The van der Waals surface area contributed by atoms with Crippen molar-refractivity contribution in [3.05, 3.63) is 157 Å². The van der Waals surface area contributed by atoms with E-state index in [0.29, 0.717) is 11.6 Å². The minimum atomic E-state index is 0.167. The lowest BCUT2D eigenvalue weighted by atomic mass is 10.0. The van der Waals surface area contributed by atoms with Crippen LogP contribution in [-0.4, -0.2) is 19.5 Å². The molecule has 0 atom stereocenters. The van der Waals surface area contributed by atoms with Gasteiger partial charge in [-0.05, 0) is 76.3 Å². The molecule has 8 aromatic rings. The van der Waals surface area contributed by atoms with E-state index < -0.39 is 0 Å². The largest absolute Gasteiger partial charge is 0.309 e. The summed E-state index contributed by atoms with van der Waals surface area (Å²) < 4.78 is 2.34. The van der Waals surface area contributed by atoms with Crippen molar-refractivity contribution in [1.29, 1.82) is 0 Å². The Kier molecular flexibility index (Phi) is 6.47. The van der Waals surface area contributed by atoms with Crippen molar-refractivity contribution < 1.29 is 0 Å². The Balaban J connectivity index is 1.35. The molecule has 0 N–H and O–H groups in total. The number of hydrogen-bond acceptors (Lipinski definition) is 3. The van der Waals surface area contributed by atoms with Crippen LogP contribution in [0.3, 0.4) is 0 Å². The van der Waals surface area contributed by atoms with Crippen LogP contribution in [0.2, 0.25) is 5.28 Å². The summed E-state index contributed by atoms with van der Waals surface area (Å²) in [5, 5.41) is 2.43. The van der Waals surface area contributed by atoms with Gasteiger partial charge in [0.2, 0.25) is 5.28 Å². The Hall–Kier alpha value is -5.58. The predicted octanol–water partition coefficient (Wildman–Crippen LogP) is 10.3. The smallest absolute Gasteiger partial charge is 0.226 e. The first-order valence-corrected chi connectivity index (χ1v) is 14.9. The fourth-order valence-electron chi connectivity index (χ4n) is 5.90. The molecule has 208 valence electrons. The summed E-state index contributed by atoms with van der Waals surface area (Å²) in [6.07, 6.45) is 0. The van der Waals surface area contributed by atoms with Gasteiger partial charge in [0.15, 0.2) is 11.6 Å². The van der Waals surface area contributed by atoms with Crippen molar-refractivity contribution in [3.63, 3.8) is 0 Å². The fourth-order valence-corrected chi connectivity index (χ4v) is 6.06. The Morgan fingerprint density at radius 2 is 0.864 bits per heavy atom. The second-order valence-electron chi connectivity index (χ2n) is 10.7. The van der Waals surface area contributed by atoms with E-state index in [4.69, 9.17) is 16.6 Å². The molecule has 5 heteroatoms. The molecule has 4 nitrogen and oxygen atoms in total. The predicted molar refractivity (Wildman–Crippen MR) is 181 cm³/mol. The SMILES string of the molecule is Clc1nc(-c2ccccc2)nc(-c2ccc3c(c2)c2cc(-c4ccccc4)ccc2n3-c2cccc(-c3ccccc3)c2)n1. The molecule has 44 heavy (non-hydrogen) atoms. The third-order valence-electron chi connectivity index (χ3n) is 7.98. The number of nitrogens with zero attached hydrogens (tertiary/aromatic N) is 4. The Morgan fingerprint density at radius 1 is 0.386 bits per heavy atom. The van der Waals surface area contributed by atoms with Gasteiger partial charge in [-0.3, -0.25) is 0 Å². The molecule has 0 unspecified atom stereocenters. The summed E-state index contributed by atoms with van der Waals surface area (Å²) in [5.74, 6) is 1.09. The highest BCUT2D eigenvalue weighted by Gasteiger charge is 2.17. The molecule has 2 heterocycles. The Bertz CT molecular complexity index is 2280. The number of hydrogen-bond donors (Lipinski definition) is 0. The lowest BCUT2D eigenvalue weighted by Crippen LogP contribution is -1.97. The van der Waals surface area contributed by atoms with Gasteiger partial charge < -0.3 is 4.57 Å². The van der Waals surface area contributed by atoms with Gasteiger partial charge in [-0.2, -0.15) is 9.97 Å². The maximum absolute atomic E-state index is 6.43. The first-order valence-electron chi connectivity index (χ1n) is 14.5. The van der Waals surface area contributed by atoms with Crippen molar-refractivity contribution in [2.45, 2.75) is 0 Å². The molecule has 0 bridgehead atoms. The minimum absolute atomic E-state index is 0.167. The first kappa shape index (κ1) is 26.1. The van der Waals surface area contributed by atoms with E-state index in [2.05, 4.69) is 124 Å². The van der Waals surface area contributed by atoms with E-state index in [-0.39, 0.29) is 5.28 Å². The normalized spacial score (nSPS) is 11.3. The third kappa shape index (κ3) is 4.72. The Morgan fingerprint density at radius 3 is 1.48 bits per heavy atom. The van der Waals surface area contributed by atoms with E-state index in [9.17, 15) is 0 Å². The van der Waals surface area contributed by atoms with Gasteiger partial charge in [-0.25, -0.2) is 4.98 Å². The third-order valence-corrected chi connectivity index (χ3v) is 8.15. The molecule has 0 amide bonds. The second-order valence-corrected chi connectivity index (χ2v) is 11.0. The molecule has 0 radical (unpaired) electrons. The highest BCUT2D eigenvalue weighted by Crippen LogP contribution is 2.37. The molecule has 6 aromatic carbocycles. The number of aromatic nitrogens is 4. The molecule has 8 rings (SSSR count). The lowest BCUT2D eigenvalue weighted by molar-refractivity contribution is 1.07. The molecule has 0 spiro atoms.